The van der Waals surface area contributed by atoms with Crippen LogP contribution in [0.4, 0.5) is 0 Å². The second-order valence-corrected chi connectivity index (χ2v) is 14.4. The van der Waals surface area contributed by atoms with Gasteiger partial charge in [-0.15, -0.1) is 0 Å². The van der Waals surface area contributed by atoms with Crippen LogP contribution in [-0.2, 0) is 5.41 Å². The SMILES string of the molecule is c1ccc(-c2cc(-c3ccc(-c4ccc5c(c4)Oc4cc(-c6ccccn6)ccc4C54c5ccccc5-c5ccccc54)cc3)nc(-c3ccccc3)n2)cc1. The molecular weight excluding hydrogens is 683 g/mol. The van der Waals surface area contributed by atoms with Crippen molar-refractivity contribution in [3.63, 3.8) is 0 Å². The van der Waals surface area contributed by atoms with Crippen LogP contribution in [0.5, 0.6) is 11.5 Å². The predicted octanol–water partition coefficient (Wildman–Crippen LogP) is 12.7. The fraction of sp³-hybridized carbons (Fsp3) is 0.0192. The molecule has 0 radical (unpaired) electrons. The molecule has 1 aliphatic heterocycles. The minimum atomic E-state index is -0.541. The minimum Gasteiger partial charge on any atom is -0.457 e. The first-order chi connectivity index (χ1) is 27.7. The zero-order valence-corrected chi connectivity index (χ0v) is 30.3. The smallest absolute Gasteiger partial charge is 0.160 e. The summed E-state index contributed by atoms with van der Waals surface area (Å²) in [6.45, 7) is 0. The molecule has 7 aromatic carbocycles. The van der Waals surface area contributed by atoms with Crippen molar-refractivity contribution in [2.45, 2.75) is 5.41 Å². The topological polar surface area (TPSA) is 47.9 Å². The van der Waals surface area contributed by atoms with Gasteiger partial charge < -0.3 is 4.74 Å². The molecule has 0 unspecified atom stereocenters. The van der Waals surface area contributed by atoms with Crippen molar-refractivity contribution in [2.75, 3.05) is 0 Å². The van der Waals surface area contributed by atoms with Crippen molar-refractivity contribution < 1.29 is 4.74 Å². The van der Waals surface area contributed by atoms with Gasteiger partial charge in [0.1, 0.15) is 11.5 Å². The molecule has 0 bridgehead atoms. The molecule has 0 N–H and O–H groups in total. The summed E-state index contributed by atoms with van der Waals surface area (Å²) in [6.07, 6.45) is 1.84. The second-order valence-electron chi connectivity index (χ2n) is 14.4. The van der Waals surface area contributed by atoms with Crippen LogP contribution in [0.3, 0.4) is 0 Å². The Balaban J connectivity index is 1.04. The molecule has 0 atom stereocenters. The van der Waals surface area contributed by atoms with E-state index in [-0.39, 0.29) is 0 Å². The molecule has 0 saturated heterocycles. The number of ether oxygens (including phenoxy) is 1. The van der Waals surface area contributed by atoms with Crippen molar-refractivity contribution in [3.05, 3.63) is 223 Å². The number of hydrogen-bond donors (Lipinski definition) is 0. The molecule has 1 aliphatic carbocycles. The number of pyridine rings is 1. The largest absolute Gasteiger partial charge is 0.457 e. The molecular formula is C52H33N3O. The summed E-state index contributed by atoms with van der Waals surface area (Å²) < 4.78 is 6.98. The number of aromatic nitrogens is 3. The van der Waals surface area contributed by atoms with Crippen molar-refractivity contribution in [1.82, 2.24) is 15.0 Å². The van der Waals surface area contributed by atoms with E-state index in [1.807, 2.05) is 60.8 Å². The number of fused-ring (bicyclic) bond motifs is 9. The second kappa shape index (κ2) is 12.9. The van der Waals surface area contributed by atoms with Gasteiger partial charge in [0.25, 0.3) is 0 Å². The van der Waals surface area contributed by atoms with Crippen molar-refractivity contribution in [1.29, 1.82) is 0 Å². The molecule has 4 nitrogen and oxygen atoms in total. The molecule has 0 amide bonds. The lowest BCUT2D eigenvalue weighted by molar-refractivity contribution is 0.437. The lowest BCUT2D eigenvalue weighted by atomic mass is 9.66. The van der Waals surface area contributed by atoms with Gasteiger partial charge in [0.05, 0.1) is 22.5 Å². The Morgan fingerprint density at radius 2 is 0.839 bits per heavy atom. The van der Waals surface area contributed by atoms with Gasteiger partial charge in [-0.1, -0.05) is 164 Å². The summed E-state index contributed by atoms with van der Waals surface area (Å²) in [5.41, 5.74) is 15.7. The standard InChI is InChI=1S/C52H33N3O/c1-3-13-35(14-4-1)47-33-48(55-51(54-47)37-15-5-2-6-16-37)36-24-22-34(23-25-36)38-26-28-44-49(31-38)56-50-32-39(46-21-11-12-30-53-46)27-29-45(50)52(44)42-19-9-7-17-40(42)41-18-8-10-20-43(41)52/h1-33H. The maximum Gasteiger partial charge on any atom is 0.160 e. The number of nitrogens with zero attached hydrogens (tertiary/aromatic N) is 3. The van der Waals surface area contributed by atoms with Crippen LogP contribution in [0.15, 0.2) is 200 Å². The van der Waals surface area contributed by atoms with Crippen LogP contribution in [0.25, 0.3) is 67.4 Å². The van der Waals surface area contributed by atoms with Crippen LogP contribution < -0.4 is 4.74 Å². The molecule has 4 heteroatoms. The zero-order chi connectivity index (χ0) is 37.1. The number of benzene rings is 7. The molecule has 3 heterocycles. The fourth-order valence-electron chi connectivity index (χ4n) is 8.69. The maximum absolute atomic E-state index is 6.98. The zero-order valence-electron chi connectivity index (χ0n) is 30.3. The molecule has 56 heavy (non-hydrogen) atoms. The molecule has 11 rings (SSSR count). The fourth-order valence-corrected chi connectivity index (χ4v) is 8.69. The average Bonchev–Trinajstić information content (AvgIpc) is 3.57. The van der Waals surface area contributed by atoms with Crippen LogP contribution in [-0.4, -0.2) is 15.0 Å². The Kier molecular flexibility index (Phi) is 7.36. The highest BCUT2D eigenvalue weighted by molar-refractivity contribution is 5.89. The van der Waals surface area contributed by atoms with Crippen molar-refractivity contribution in [3.8, 4) is 78.9 Å². The Morgan fingerprint density at radius 3 is 1.46 bits per heavy atom. The highest BCUT2D eigenvalue weighted by Gasteiger charge is 2.51. The van der Waals surface area contributed by atoms with Gasteiger partial charge in [0.15, 0.2) is 5.82 Å². The van der Waals surface area contributed by atoms with E-state index in [9.17, 15) is 0 Å². The number of rotatable bonds is 5. The highest BCUT2D eigenvalue weighted by Crippen LogP contribution is 2.62. The third kappa shape index (κ3) is 5.04. The van der Waals surface area contributed by atoms with Gasteiger partial charge in [-0.2, -0.15) is 0 Å². The van der Waals surface area contributed by atoms with Crippen LogP contribution in [0.2, 0.25) is 0 Å². The normalized spacial score (nSPS) is 12.9. The summed E-state index contributed by atoms with van der Waals surface area (Å²) in [7, 11) is 0. The van der Waals surface area contributed by atoms with E-state index >= 15 is 0 Å². The summed E-state index contributed by atoms with van der Waals surface area (Å²) in [5, 5.41) is 0. The predicted molar refractivity (Wildman–Crippen MR) is 224 cm³/mol. The average molecular weight is 716 g/mol. The summed E-state index contributed by atoms with van der Waals surface area (Å²) in [4.78, 5) is 14.7. The van der Waals surface area contributed by atoms with Gasteiger partial charge in [-0.3, -0.25) is 4.98 Å². The van der Waals surface area contributed by atoms with E-state index < -0.39 is 5.41 Å². The van der Waals surface area contributed by atoms with Gasteiger partial charge in [0.2, 0.25) is 0 Å². The van der Waals surface area contributed by atoms with Crippen LogP contribution >= 0.6 is 0 Å². The first-order valence-corrected chi connectivity index (χ1v) is 18.9. The van der Waals surface area contributed by atoms with Gasteiger partial charge in [0, 0.05) is 39.6 Å². The Bertz CT molecular complexity index is 2820. The number of hydrogen-bond acceptors (Lipinski definition) is 4. The molecule has 1 spiro atoms. The molecule has 2 aliphatic rings. The van der Waals surface area contributed by atoms with E-state index in [0.29, 0.717) is 5.82 Å². The Morgan fingerprint density at radius 1 is 0.339 bits per heavy atom. The van der Waals surface area contributed by atoms with Gasteiger partial charge in [-0.05, 0) is 63.7 Å². The monoisotopic (exact) mass is 715 g/mol. The molecule has 0 saturated carbocycles. The first-order valence-electron chi connectivity index (χ1n) is 18.9. The first kappa shape index (κ1) is 32.0. The Hall–Kier alpha value is -7.43. The van der Waals surface area contributed by atoms with Crippen LogP contribution in [0, 0.1) is 0 Å². The summed E-state index contributed by atoms with van der Waals surface area (Å²) >= 11 is 0. The Labute approximate surface area is 325 Å². The quantitative estimate of drug-likeness (QED) is 0.178. The van der Waals surface area contributed by atoms with Crippen molar-refractivity contribution in [2.24, 2.45) is 0 Å². The molecule has 9 aromatic rings. The summed E-state index contributed by atoms with van der Waals surface area (Å²) in [5.74, 6) is 2.39. The van der Waals surface area contributed by atoms with E-state index in [0.717, 1.165) is 73.1 Å². The van der Waals surface area contributed by atoms with Crippen molar-refractivity contribution >= 4 is 0 Å². The van der Waals surface area contributed by atoms with Gasteiger partial charge in [-0.25, -0.2) is 9.97 Å². The lowest BCUT2D eigenvalue weighted by Crippen LogP contribution is -2.32. The van der Waals surface area contributed by atoms with E-state index in [2.05, 4.69) is 145 Å². The molecule has 2 aromatic heterocycles. The van der Waals surface area contributed by atoms with Gasteiger partial charge >= 0.3 is 0 Å². The van der Waals surface area contributed by atoms with Crippen LogP contribution in [0.1, 0.15) is 22.3 Å². The van der Waals surface area contributed by atoms with E-state index in [1.165, 1.54) is 22.3 Å². The molecule has 262 valence electrons. The minimum absolute atomic E-state index is 0.541. The maximum atomic E-state index is 6.98. The third-order valence-electron chi connectivity index (χ3n) is 11.2. The highest BCUT2D eigenvalue weighted by atomic mass is 16.5. The lowest BCUT2D eigenvalue weighted by Gasteiger charge is -2.39. The van der Waals surface area contributed by atoms with E-state index in [4.69, 9.17) is 14.7 Å². The molecule has 0 fully saturated rings. The third-order valence-corrected chi connectivity index (χ3v) is 11.2. The summed E-state index contributed by atoms with van der Waals surface area (Å²) in [6, 6.07) is 68.2. The van der Waals surface area contributed by atoms with E-state index in [1.54, 1.807) is 0 Å².